The fourth-order valence-corrected chi connectivity index (χ4v) is 4.11. The second kappa shape index (κ2) is 9.33. The third-order valence-corrected chi connectivity index (χ3v) is 5.77. The Kier molecular flexibility index (Phi) is 5.95. The van der Waals surface area contributed by atoms with Gasteiger partial charge in [-0.3, -0.25) is 0 Å². The summed E-state index contributed by atoms with van der Waals surface area (Å²) in [5.41, 5.74) is 2.05. The topological polar surface area (TPSA) is 36.3 Å². The lowest BCUT2D eigenvalue weighted by Gasteiger charge is -2.13. The molecule has 0 aliphatic rings. The summed E-state index contributed by atoms with van der Waals surface area (Å²) < 4.78 is 14.3. The van der Waals surface area contributed by atoms with Crippen LogP contribution in [0.15, 0.2) is 91.0 Å². The Labute approximate surface area is 192 Å². The van der Waals surface area contributed by atoms with Crippen molar-refractivity contribution < 1.29 is 9.47 Å². The number of aryl methyl sites for hydroxylation is 1. The Balaban J connectivity index is 1.30. The van der Waals surface area contributed by atoms with E-state index in [1.807, 2.05) is 66.7 Å². The lowest BCUT2D eigenvalue weighted by Crippen LogP contribution is -2.10. The molecule has 0 aliphatic carbocycles. The molecule has 0 spiro atoms. The highest BCUT2D eigenvalue weighted by atomic mass is 35.5. The summed E-state index contributed by atoms with van der Waals surface area (Å²) >= 11 is 6.24. The van der Waals surface area contributed by atoms with Gasteiger partial charge >= 0.3 is 0 Å². The zero-order chi connectivity index (χ0) is 21.8. The van der Waals surface area contributed by atoms with E-state index in [1.165, 1.54) is 5.39 Å². The van der Waals surface area contributed by atoms with Crippen LogP contribution < -0.4 is 9.47 Å². The first-order chi connectivity index (χ1) is 15.8. The van der Waals surface area contributed by atoms with Gasteiger partial charge in [-0.25, -0.2) is 4.98 Å². The minimum atomic E-state index is 0.350. The summed E-state index contributed by atoms with van der Waals surface area (Å²) in [6.45, 7) is 1.75. The molecule has 5 aromatic rings. The molecule has 5 rings (SSSR count). The maximum atomic E-state index is 6.24. The molecule has 4 aromatic carbocycles. The zero-order valence-electron chi connectivity index (χ0n) is 17.6. The maximum Gasteiger partial charge on any atom is 0.148 e. The average Bonchev–Trinajstić information content (AvgIpc) is 3.19. The van der Waals surface area contributed by atoms with Gasteiger partial charge < -0.3 is 14.0 Å². The van der Waals surface area contributed by atoms with E-state index in [4.69, 9.17) is 26.1 Å². The molecule has 0 amide bonds. The van der Waals surface area contributed by atoms with Crippen molar-refractivity contribution in [3.63, 3.8) is 0 Å². The second-order valence-electron chi connectivity index (χ2n) is 7.57. The number of para-hydroxylation sites is 3. The first-order valence-corrected chi connectivity index (χ1v) is 11.1. The molecule has 4 nitrogen and oxygen atoms in total. The van der Waals surface area contributed by atoms with E-state index >= 15 is 0 Å². The highest BCUT2D eigenvalue weighted by molar-refractivity contribution is 6.32. The van der Waals surface area contributed by atoms with Crippen molar-refractivity contribution >= 4 is 33.4 Å². The third kappa shape index (κ3) is 4.27. The molecule has 5 heteroatoms. The molecule has 1 heterocycles. The average molecular weight is 443 g/mol. The van der Waals surface area contributed by atoms with Gasteiger partial charge in [0.2, 0.25) is 0 Å². The Morgan fingerprint density at radius 1 is 0.750 bits per heavy atom. The van der Waals surface area contributed by atoms with Crippen LogP contribution in [0.1, 0.15) is 12.2 Å². The zero-order valence-corrected chi connectivity index (χ0v) is 18.3. The van der Waals surface area contributed by atoms with Gasteiger partial charge in [0.15, 0.2) is 0 Å². The van der Waals surface area contributed by atoms with Crippen molar-refractivity contribution in [2.45, 2.75) is 19.6 Å². The van der Waals surface area contributed by atoms with Gasteiger partial charge in [0.25, 0.3) is 0 Å². The number of imidazole rings is 1. The summed E-state index contributed by atoms with van der Waals surface area (Å²) in [4.78, 5) is 4.79. The molecule has 0 N–H and O–H groups in total. The number of fused-ring (bicyclic) bond motifs is 2. The van der Waals surface area contributed by atoms with E-state index in [0.29, 0.717) is 24.0 Å². The highest BCUT2D eigenvalue weighted by Crippen LogP contribution is 2.26. The van der Waals surface area contributed by atoms with Crippen molar-refractivity contribution in [2.75, 3.05) is 6.61 Å². The van der Waals surface area contributed by atoms with E-state index in [1.54, 1.807) is 0 Å². The largest absolute Gasteiger partial charge is 0.493 e. The Morgan fingerprint density at radius 3 is 2.44 bits per heavy atom. The number of hydrogen-bond acceptors (Lipinski definition) is 3. The standard InChI is InChI=1S/C27H23ClN2O2/c28-22-12-3-6-15-26(22)32-19-27-29-23-13-4-5-14-24(23)30(27)17-8-18-31-25-16-7-10-20-9-1-2-11-21(20)25/h1-7,9-16H,8,17-19H2. The Hall–Kier alpha value is -3.50. The molecule has 0 aliphatic heterocycles. The molecule has 0 atom stereocenters. The summed E-state index contributed by atoms with van der Waals surface area (Å²) in [5.74, 6) is 2.45. The van der Waals surface area contributed by atoms with Gasteiger partial charge in [-0.05, 0) is 42.1 Å². The number of rotatable bonds is 8. The number of hydrogen-bond donors (Lipinski definition) is 0. The van der Waals surface area contributed by atoms with Crippen LogP contribution in [0, 0.1) is 0 Å². The molecule has 0 radical (unpaired) electrons. The lowest BCUT2D eigenvalue weighted by atomic mass is 10.1. The van der Waals surface area contributed by atoms with Gasteiger partial charge in [-0.2, -0.15) is 0 Å². The predicted molar refractivity (Wildman–Crippen MR) is 130 cm³/mol. The minimum absolute atomic E-state index is 0.350. The van der Waals surface area contributed by atoms with Crippen LogP contribution in [0.2, 0.25) is 5.02 Å². The molecule has 1 aromatic heterocycles. The van der Waals surface area contributed by atoms with Crippen LogP contribution in [0.5, 0.6) is 11.5 Å². The van der Waals surface area contributed by atoms with Gasteiger partial charge in [-0.1, -0.05) is 72.3 Å². The van der Waals surface area contributed by atoms with Gasteiger partial charge in [-0.15, -0.1) is 0 Å². The van der Waals surface area contributed by atoms with E-state index in [-0.39, 0.29) is 0 Å². The van der Waals surface area contributed by atoms with Crippen LogP contribution in [0.4, 0.5) is 0 Å². The van der Waals surface area contributed by atoms with Crippen molar-refractivity contribution in [1.29, 1.82) is 0 Å². The normalized spacial score (nSPS) is 11.2. The van der Waals surface area contributed by atoms with Crippen LogP contribution in [0.3, 0.4) is 0 Å². The molecule has 0 saturated carbocycles. The van der Waals surface area contributed by atoms with Crippen molar-refractivity contribution in [1.82, 2.24) is 9.55 Å². The summed E-state index contributed by atoms with van der Waals surface area (Å²) in [7, 11) is 0. The number of ether oxygens (including phenoxy) is 2. The van der Waals surface area contributed by atoms with Crippen LogP contribution in [-0.4, -0.2) is 16.2 Å². The number of aromatic nitrogens is 2. The second-order valence-corrected chi connectivity index (χ2v) is 7.97. The fourth-order valence-electron chi connectivity index (χ4n) is 3.92. The number of benzene rings is 4. The lowest BCUT2D eigenvalue weighted by molar-refractivity contribution is 0.281. The summed E-state index contributed by atoms with van der Waals surface area (Å²) in [5, 5.41) is 2.92. The molecule has 0 saturated heterocycles. The molecule has 32 heavy (non-hydrogen) atoms. The Morgan fingerprint density at radius 2 is 1.50 bits per heavy atom. The highest BCUT2D eigenvalue weighted by Gasteiger charge is 2.12. The molecule has 0 bridgehead atoms. The quantitative estimate of drug-likeness (QED) is 0.245. The fraction of sp³-hybridized carbons (Fsp3) is 0.148. The predicted octanol–water partition coefficient (Wildman–Crippen LogP) is 6.89. The van der Waals surface area contributed by atoms with Crippen molar-refractivity contribution in [3.05, 3.63) is 102 Å². The molecular formula is C27H23ClN2O2. The van der Waals surface area contributed by atoms with Crippen molar-refractivity contribution in [2.24, 2.45) is 0 Å². The first-order valence-electron chi connectivity index (χ1n) is 10.7. The van der Waals surface area contributed by atoms with Crippen LogP contribution >= 0.6 is 11.6 Å². The van der Waals surface area contributed by atoms with E-state index in [0.717, 1.165) is 41.0 Å². The SMILES string of the molecule is Clc1ccccc1OCc1nc2ccccc2n1CCCOc1cccc2ccccc12. The summed E-state index contributed by atoms with van der Waals surface area (Å²) in [6, 6.07) is 30.1. The molecule has 160 valence electrons. The maximum absolute atomic E-state index is 6.24. The minimum Gasteiger partial charge on any atom is -0.493 e. The molecular weight excluding hydrogens is 420 g/mol. The van der Waals surface area contributed by atoms with Gasteiger partial charge in [0.1, 0.15) is 23.9 Å². The van der Waals surface area contributed by atoms with E-state index in [9.17, 15) is 0 Å². The molecule has 0 fully saturated rings. The van der Waals surface area contributed by atoms with Crippen molar-refractivity contribution in [3.8, 4) is 11.5 Å². The summed E-state index contributed by atoms with van der Waals surface area (Å²) in [6.07, 6.45) is 0.850. The number of nitrogens with zero attached hydrogens (tertiary/aromatic N) is 2. The third-order valence-electron chi connectivity index (χ3n) is 5.46. The number of halogens is 1. The molecule has 0 unspecified atom stereocenters. The van der Waals surface area contributed by atoms with Gasteiger partial charge in [0.05, 0.1) is 22.7 Å². The smallest absolute Gasteiger partial charge is 0.148 e. The van der Waals surface area contributed by atoms with E-state index in [2.05, 4.69) is 28.8 Å². The van der Waals surface area contributed by atoms with Crippen LogP contribution in [0.25, 0.3) is 21.8 Å². The monoisotopic (exact) mass is 442 g/mol. The van der Waals surface area contributed by atoms with Crippen LogP contribution in [-0.2, 0) is 13.2 Å². The van der Waals surface area contributed by atoms with Gasteiger partial charge in [0, 0.05) is 11.9 Å². The van der Waals surface area contributed by atoms with E-state index < -0.39 is 0 Å². The Bertz CT molecular complexity index is 1360. The first kappa shape index (κ1) is 20.4.